The van der Waals surface area contributed by atoms with Crippen LogP contribution in [-0.2, 0) is 17.6 Å². The van der Waals surface area contributed by atoms with Crippen LogP contribution < -0.4 is 5.32 Å². The number of halogens is 1. The number of aromatic amines is 1. The van der Waals surface area contributed by atoms with Gasteiger partial charge in [0.1, 0.15) is 5.76 Å². The van der Waals surface area contributed by atoms with Crippen LogP contribution in [0.25, 0.3) is 10.9 Å². The summed E-state index contributed by atoms with van der Waals surface area (Å²) in [7, 11) is 0. The first kappa shape index (κ1) is 17.2. The van der Waals surface area contributed by atoms with Crippen LogP contribution in [-0.4, -0.2) is 16.0 Å². The molecule has 0 radical (unpaired) electrons. The van der Waals surface area contributed by atoms with Crippen molar-refractivity contribution in [2.75, 3.05) is 0 Å². The van der Waals surface area contributed by atoms with Crippen molar-refractivity contribution in [1.29, 1.82) is 0 Å². The van der Waals surface area contributed by atoms with Crippen molar-refractivity contribution < 1.29 is 9.32 Å². The molecule has 1 amide bonds. The number of carbonyl (C=O) groups is 1. The van der Waals surface area contributed by atoms with Crippen LogP contribution in [0.4, 0.5) is 0 Å². The number of rotatable bonds is 4. The van der Waals surface area contributed by atoms with E-state index in [0.717, 1.165) is 52.5 Å². The summed E-state index contributed by atoms with van der Waals surface area (Å²) >= 11 is 6.33. The predicted molar refractivity (Wildman–Crippen MR) is 101 cm³/mol. The van der Waals surface area contributed by atoms with Crippen LogP contribution in [0.2, 0.25) is 5.02 Å². The fourth-order valence-electron chi connectivity index (χ4n) is 3.96. The number of fused-ring (bicyclic) bond motifs is 3. The molecule has 0 spiro atoms. The average molecular weight is 372 g/mol. The number of carbonyl (C=O) groups excluding carboxylic acids is 1. The van der Waals surface area contributed by atoms with E-state index in [1.165, 1.54) is 10.9 Å². The quantitative estimate of drug-likeness (QED) is 0.706. The number of H-pyrrole nitrogens is 1. The highest BCUT2D eigenvalue weighted by Gasteiger charge is 2.26. The summed E-state index contributed by atoms with van der Waals surface area (Å²) in [5, 5.41) is 9.03. The van der Waals surface area contributed by atoms with Crippen molar-refractivity contribution >= 4 is 28.4 Å². The Morgan fingerprint density at radius 1 is 1.42 bits per heavy atom. The summed E-state index contributed by atoms with van der Waals surface area (Å²) in [6.07, 6.45) is 4.08. The number of amides is 1. The van der Waals surface area contributed by atoms with E-state index >= 15 is 0 Å². The largest absolute Gasteiger partial charge is 0.361 e. The number of para-hydroxylation sites is 1. The van der Waals surface area contributed by atoms with Gasteiger partial charge in [0.2, 0.25) is 5.91 Å². The van der Waals surface area contributed by atoms with Gasteiger partial charge in [-0.15, -0.1) is 0 Å². The lowest BCUT2D eigenvalue weighted by molar-refractivity contribution is -0.121. The zero-order valence-electron chi connectivity index (χ0n) is 15.0. The summed E-state index contributed by atoms with van der Waals surface area (Å²) in [5.41, 5.74) is 5.24. The van der Waals surface area contributed by atoms with Crippen molar-refractivity contribution in [1.82, 2.24) is 15.5 Å². The Morgan fingerprint density at radius 2 is 2.27 bits per heavy atom. The summed E-state index contributed by atoms with van der Waals surface area (Å²) in [5.74, 6) is 0.841. The molecule has 0 aliphatic heterocycles. The fraction of sp³-hybridized carbons (Fsp3) is 0.400. The summed E-state index contributed by atoms with van der Waals surface area (Å²) in [6.45, 7) is 3.79. The lowest BCUT2D eigenvalue weighted by atomic mass is 9.91. The Bertz CT molecular complexity index is 954. The summed E-state index contributed by atoms with van der Waals surface area (Å²) in [4.78, 5) is 16.0. The van der Waals surface area contributed by atoms with Crippen molar-refractivity contribution in [3.05, 3.63) is 51.5 Å². The van der Waals surface area contributed by atoms with Gasteiger partial charge in [0.05, 0.1) is 22.3 Å². The third-order valence-electron chi connectivity index (χ3n) is 5.31. The minimum Gasteiger partial charge on any atom is -0.361 e. The number of hydrogen-bond acceptors (Lipinski definition) is 3. The number of aryl methyl sites for hydroxylation is 3. The first-order chi connectivity index (χ1) is 12.5. The van der Waals surface area contributed by atoms with E-state index in [2.05, 4.69) is 21.5 Å². The summed E-state index contributed by atoms with van der Waals surface area (Å²) < 4.78 is 5.17. The van der Waals surface area contributed by atoms with Crippen LogP contribution in [0.1, 0.15) is 53.6 Å². The van der Waals surface area contributed by atoms with Crippen LogP contribution in [0.15, 0.2) is 22.7 Å². The fourth-order valence-corrected chi connectivity index (χ4v) is 4.18. The van der Waals surface area contributed by atoms with E-state index in [1.54, 1.807) is 0 Å². The third-order valence-corrected chi connectivity index (χ3v) is 5.63. The number of aromatic nitrogens is 2. The van der Waals surface area contributed by atoms with E-state index in [1.807, 2.05) is 26.0 Å². The van der Waals surface area contributed by atoms with Crippen LogP contribution in [0.3, 0.4) is 0 Å². The molecule has 1 aliphatic rings. The Morgan fingerprint density at radius 3 is 3.04 bits per heavy atom. The van der Waals surface area contributed by atoms with Gasteiger partial charge in [-0.05, 0) is 51.2 Å². The van der Waals surface area contributed by atoms with Crippen LogP contribution in [0, 0.1) is 13.8 Å². The molecule has 0 bridgehead atoms. The molecule has 26 heavy (non-hydrogen) atoms. The second-order valence-corrected chi connectivity index (χ2v) is 7.40. The molecule has 3 aromatic rings. The molecule has 4 rings (SSSR count). The minimum atomic E-state index is 0.0133. The van der Waals surface area contributed by atoms with E-state index in [-0.39, 0.29) is 11.9 Å². The molecular formula is C20H22ClN3O2. The van der Waals surface area contributed by atoms with Gasteiger partial charge in [-0.25, -0.2) is 0 Å². The van der Waals surface area contributed by atoms with Gasteiger partial charge in [0.15, 0.2) is 0 Å². The number of nitrogens with one attached hydrogen (secondary N) is 2. The molecule has 5 nitrogen and oxygen atoms in total. The van der Waals surface area contributed by atoms with E-state index in [0.29, 0.717) is 12.8 Å². The van der Waals surface area contributed by atoms with Crippen LogP contribution in [0.5, 0.6) is 0 Å². The lowest BCUT2D eigenvalue weighted by Gasteiger charge is -2.24. The molecular weight excluding hydrogens is 350 g/mol. The van der Waals surface area contributed by atoms with Crippen molar-refractivity contribution in [2.24, 2.45) is 0 Å². The zero-order valence-corrected chi connectivity index (χ0v) is 15.7. The first-order valence-electron chi connectivity index (χ1n) is 9.04. The first-order valence-corrected chi connectivity index (χ1v) is 9.42. The van der Waals surface area contributed by atoms with Gasteiger partial charge in [0.25, 0.3) is 0 Å². The molecule has 1 aromatic carbocycles. The molecule has 0 fully saturated rings. The standard InChI is InChI=1S/C20H22ClN3O2/c1-11-13(12(2)26-24-11)9-10-18(25)22-17-8-4-6-15-14-5-3-7-16(21)19(14)23-20(15)17/h3,5,7,17,23H,4,6,8-10H2,1-2H3,(H,22,25)/t17-/m1/s1. The molecule has 1 atom stereocenters. The topological polar surface area (TPSA) is 70.9 Å². The highest BCUT2D eigenvalue weighted by atomic mass is 35.5. The average Bonchev–Trinajstić information content (AvgIpc) is 3.16. The minimum absolute atomic E-state index is 0.0133. The normalized spacial score (nSPS) is 16.7. The SMILES string of the molecule is Cc1noc(C)c1CCC(=O)N[C@@H]1CCCc2c1[nH]c1c(Cl)cccc21. The molecule has 0 saturated carbocycles. The molecule has 0 unspecified atom stereocenters. The van der Waals surface area contributed by atoms with Crippen molar-refractivity contribution in [3.8, 4) is 0 Å². The Labute approximate surface area is 157 Å². The smallest absolute Gasteiger partial charge is 0.220 e. The maximum absolute atomic E-state index is 12.5. The van der Waals surface area contributed by atoms with Gasteiger partial charge >= 0.3 is 0 Å². The van der Waals surface area contributed by atoms with Gasteiger partial charge in [-0.3, -0.25) is 4.79 Å². The second kappa shape index (κ2) is 6.80. The maximum atomic E-state index is 12.5. The van der Waals surface area contributed by atoms with E-state index in [4.69, 9.17) is 16.1 Å². The Kier molecular flexibility index (Phi) is 4.49. The number of benzene rings is 1. The van der Waals surface area contributed by atoms with Crippen molar-refractivity contribution in [3.63, 3.8) is 0 Å². The maximum Gasteiger partial charge on any atom is 0.220 e. The monoisotopic (exact) mass is 371 g/mol. The van der Waals surface area contributed by atoms with E-state index < -0.39 is 0 Å². The Balaban J connectivity index is 1.50. The second-order valence-electron chi connectivity index (χ2n) is 6.99. The van der Waals surface area contributed by atoms with Gasteiger partial charge < -0.3 is 14.8 Å². The highest BCUT2D eigenvalue weighted by molar-refractivity contribution is 6.35. The van der Waals surface area contributed by atoms with Gasteiger partial charge in [0, 0.05) is 23.1 Å². The molecule has 0 saturated heterocycles. The van der Waals surface area contributed by atoms with Gasteiger partial charge in [-0.1, -0.05) is 28.9 Å². The van der Waals surface area contributed by atoms with E-state index in [9.17, 15) is 4.79 Å². The molecule has 2 heterocycles. The molecule has 6 heteroatoms. The molecule has 2 aromatic heterocycles. The Hall–Kier alpha value is -2.27. The molecule has 2 N–H and O–H groups in total. The summed E-state index contributed by atoms with van der Waals surface area (Å²) in [6, 6.07) is 5.98. The zero-order chi connectivity index (χ0) is 18.3. The molecule has 136 valence electrons. The number of nitrogens with zero attached hydrogens (tertiary/aromatic N) is 1. The number of hydrogen-bond donors (Lipinski definition) is 2. The lowest BCUT2D eigenvalue weighted by Crippen LogP contribution is -2.31. The van der Waals surface area contributed by atoms with Crippen molar-refractivity contribution in [2.45, 2.75) is 52.0 Å². The third kappa shape index (κ3) is 3.01. The van der Waals surface area contributed by atoms with Crippen LogP contribution >= 0.6 is 11.6 Å². The van der Waals surface area contributed by atoms with Gasteiger partial charge in [-0.2, -0.15) is 0 Å². The highest BCUT2D eigenvalue weighted by Crippen LogP contribution is 2.37. The molecule has 1 aliphatic carbocycles. The predicted octanol–water partition coefficient (Wildman–Crippen LogP) is 4.55.